The number of rotatable bonds is 12. The molecule has 9 heteroatoms. The van der Waals surface area contributed by atoms with Gasteiger partial charge in [-0.1, -0.05) is 18.2 Å². The molecule has 2 amide bonds. The van der Waals surface area contributed by atoms with Crippen molar-refractivity contribution < 1.29 is 19.1 Å². The zero-order valence-corrected chi connectivity index (χ0v) is 25.2. The monoisotopic (exact) mass is 573 g/mol. The lowest BCUT2D eigenvalue weighted by molar-refractivity contribution is -0.132. The van der Waals surface area contributed by atoms with Gasteiger partial charge in [-0.05, 0) is 75.2 Å². The van der Waals surface area contributed by atoms with E-state index in [1.54, 1.807) is 31.4 Å². The van der Waals surface area contributed by atoms with Crippen LogP contribution in [0.25, 0.3) is 0 Å². The molecule has 0 spiro atoms. The van der Waals surface area contributed by atoms with Gasteiger partial charge in [0.2, 0.25) is 5.91 Å². The number of ether oxygens (including phenoxy) is 2. The molecular formula is C33H43N5O4. The van der Waals surface area contributed by atoms with Gasteiger partial charge in [0, 0.05) is 57.1 Å². The van der Waals surface area contributed by atoms with Gasteiger partial charge in [0.25, 0.3) is 5.91 Å². The zero-order chi connectivity index (χ0) is 30.1. The Morgan fingerprint density at radius 1 is 0.952 bits per heavy atom. The van der Waals surface area contributed by atoms with Crippen molar-refractivity contribution in [2.24, 2.45) is 0 Å². The maximum Gasteiger partial charge on any atom is 0.257 e. The molecule has 1 aliphatic heterocycles. The quantitative estimate of drug-likeness (QED) is 0.223. The summed E-state index contributed by atoms with van der Waals surface area (Å²) in [5, 5.41) is 2.90. The average Bonchev–Trinajstić information content (AvgIpc) is 2.99. The van der Waals surface area contributed by atoms with Crippen molar-refractivity contribution in [3.05, 3.63) is 71.8 Å². The topological polar surface area (TPSA) is 100 Å². The predicted molar refractivity (Wildman–Crippen MR) is 169 cm³/mol. The number of piperazine rings is 1. The summed E-state index contributed by atoms with van der Waals surface area (Å²) in [5.41, 5.74) is 10.2. The van der Waals surface area contributed by atoms with Crippen LogP contribution in [0.5, 0.6) is 11.5 Å². The third-order valence-electron chi connectivity index (χ3n) is 7.65. The van der Waals surface area contributed by atoms with Crippen LogP contribution in [0.1, 0.15) is 41.6 Å². The number of methoxy groups -OCH3 is 1. The van der Waals surface area contributed by atoms with Gasteiger partial charge in [-0.2, -0.15) is 0 Å². The summed E-state index contributed by atoms with van der Waals surface area (Å²) in [4.78, 5) is 31.6. The van der Waals surface area contributed by atoms with Crippen molar-refractivity contribution in [3.8, 4) is 11.5 Å². The van der Waals surface area contributed by atoms with Crippen molar-refractivity contribution in [1.29, 1.82) is 0 Å². The zero-order valence-electron chi connectivity index (χ0n) is 25.2. The molecule has 1 fully saturated rings. The number of hydrogen-bond donors (Lipinski definition) is 2. The number of nitrogen functional groups attached to an aromatic ring is 1. The van der Waals surface area contributed by atoms with Crippen molar-refractivity contribution in [1.82, 2.24) is 9.80 Å². The number of anilines is 4. The van der Waals surface area contributed by atoms with Crippen LogP contribution in [0.3, 0.4) is 0 Å². The molecule has 0 saturated carbocycles. The van der Waals surface area contributed by atoms with Gasteiger partial charge in [0.15, 0.2) is 0 Å². The number of hydrogen-bond acceptors (Lipinski definition) is 7. The molecule has 0 unspecified atom stereocenters. The number of nitrogens with two attached hydrogens (primary N) is 1. The number of nitrogens with zero attached hydrogens (tertiary/aromatic N) is 3. The number of carbonyl (C=O) groups is 2. The summed E-state index contributed by atoms with van der Waals surface area (Å²) in [7, 11) is 5.64. The summed E-state index contributed by atoms with van der Waals surface area (Å²) in [6.07, 6.45) is 3.28. The summed E-state index contributed by atoms with van der Waals surface area (Å²) >= 11 is 0. The van der Waals surface area contributed by atoms with E-state index < -0.39 is 0 Å². The Morgan fingerprint density at radius 2 is 1.71 bits per heavy atom. The smallest absolute Gasteiger partial charge is 0.257 e. The van der Waals surface area contributed by atoms with Gasteiger partial charge in [0.05, 0.1) is 30.7 Å². The first-order valence-electron chi connectivity index (χ1n) is 14.5. The largest absolute Gasteiger partial charge is 0.494 e. The number of nitrogens with one attached hydrogen (secondary N) is 1. The minimum atomic E-state index is -0.301. The van der Waals surface area contributed by atoms with Gasteiger partial charge in [0.1, 0.15) is 11.5 Å². The first-order chi connectivity index (χ1) is 20.3. The molecule has 3 aromatic carbocycles. The van der Waals surface area contributed by atoms with Crippen LogP contribution in [0.2, 0.25) is 0 Å². The molecule has 0 aliphatic carbocycles. The van der Waals surface area contributed by atoms with Crippen molar-refractivity contribution >= 4 is 34.6 Å². The number of aryl methyl sites for hydroxylation is 1. The van der Waals surface area contributed by atoms with Crippen LogP contribution in [0.4, 0.5) is 22.7 Å². The molecule has 1 aliphatic rings. The summed E-state index contributed by atoms with van der Waals surface area (Å²) < 4.78 is 11.9. The number of amides is 2. The SMILES string of the molecule is COc1cc(N(C)c2ccc(C)cc2OCCCCCC(=O)N2CCN(C)CC2)ccc1NC(=O)c1ccccc1N. The Morgan fingerprint density at radius 3 is 2.45 bits per heavy atom. The maximum atomic E-state index is 12.8. The van der Waals surface area contributed by atoms with Gasteiger partial charge in [-0.3, -0.25) is 9.59 Å². The molecule has 42 heavy (non-hydrogen) atoms. The Balaban J connectivity index is 1.34. The number of para-hydroxylation sites is 1. The van der Waals surface area contributed by atoms with Gasteiger partial charge in [-0.25, -0.2) is 0 Å². The van der Waals surface area contributed by atoms with E-state index in [2.05, 4.69) is 23.3 Å². The predicted octanol–water partition coefficient (Wildman–Crippen LogP) is 5.32. The third kappa shape index (κ3) is 7.94. The Hall–Kier alpha value is -4.24. The maximum absolute atomic E-state index is 12.8. The summed E-state index contributed by atoms with van der Waals surface area (Å²) in [6, 6.07) is 18.7. The highest BCUT2D eigenvalue weighted by Gasteiger charge is 2.19. The van der Waals surface area contributed by atoms with Crippen LogP contribution in [0.15, 0.2) is 60.7 Å². The van der Waals surface area contributed by atoms with E-state index in [0.717, 1.165) is 68.1 Å². The van der Waals surface area contributed by atoms with Gasteiger partial charge < -0.3 is 35.2 Å². The highest BCUT2D eigenvalue weighted by molar-refractivity contribution is 6.08. The van der Waals surface area contributed by atoms with Crippen LogP contribution in [-0.2, 0) is 4.79 Å². The standard InChI is InChI=1S/C33H43N5O4/c1-24-13-16-29(31(22-24)42-21-9-5-6-12-32(39)38-19-17-36(2)18-20-38)37(3)25-14-15-28(30(23-25)41-4)35-33(40)26-10-7-8-11-27(26)34/h7-8,10-11,13-16,22-23H,5-6,9,12,17-21,34H2,1-4H3,(H,35,40). The highest BCUT2D eigenvalue weighted by Crippen LogP contribution is 2.37. The van der Waals surface area contributed by atoms with Gasteiger partial charge >= 0.3 is 0 Å². The molecule has 4 rings (SSSR count). The van der Waals surface area contributed by atoms with Gasteiger partial charge in [-0.15, -0.1) is 0 Å². The van der Waals surface area contributed by atoms with E-state index >= 15 is 0 Å². The van der Waals surface area contributed by atoms with Crippen LogP contribution in [-0.4, -0.2) is 75.6 Å². The van der Waals surface area contributed by atoms with Crippen LogP contribution >= 0.6 is 0 Å². The molecule has 0 atom stereocenters. The molecular weight excluding hydrogens is 530 g/mol. The van der Waals surface area contributed by atoms with Crippen molar-refractivity contribution in [2.45, 2.75) is 32.6 Å². The first-order valence-corrected chi connectivity index (χ1v) is 14.5. The third-order valence-corrected chi connectivity index (χ3v) is 7.65. The van der Waals surface area contributed by atoms with Crippen molar-refractivity contribution in [2.75, 3.05) is 69.9 Å². The van der Waals surface area contributed by atoms with Crippen molar-refractivity contribution in [3.63, 3.8) is 0 Å². The molecule has 1 saturated heterocycles. The van der Waals surface area contributed by atoms with Crippen LogP contribution in [0, 0.1) is 6.92 Å². The summed E-state index contributed by atoms with van der Waals surface area (Å²) in [5.74, 6) is 1.28. The molecule has 3 aromatic rings. The molecule has 3 N–H and O–H groups in total. The Kier molecular flexibility index (Phi) is 10.7. The molecule has 224 valence electrons. The molecule has 1 heterocycles. The molecule has 0 aromatic heterocycles. The first kappa shape index (κ1) is 30.7. The molecule has 9 nitrogen and oxygen atoms in total. The summed E-state index contributed by atoms with van der Waals surface area (Å²) in [6.45, 7) is 6.17. The van der Waals surface area contributed by atoms with Crippen LogP contribution < -0.4 is 25.4 Å². The molecule has 0 radical (unpaired) electrons. The minimum Gasteiger partial charge on any atom is -0.494 e. The fraction of sp³-hybridized carbons (Fsp3) is 0.394. The second-order valence-corrected chi connectivity index (χ2v) is 10.8. The van der Waals surface area contributed by atoms with E-state index in [4.69, 9.17) is 15.2 Å². The van der Waals surface area contributed by atoms with E-state index in [1.807, 2.05) is 54.1 Å². The fourth-order valence-corrected chi connectivity index (χ4v) is 4.99. The minimum absolute atomic E-state index is 0.261. The normalized spacial score (nSPS) is 13.5. The van der Waals surface area contributed by atoms with E-state index in [-0.39, 0.29) is 11.8 Å². The second kappa shape index (κ2) is 14.6. The number of unbranched alkanes of at least 4 members (excludes halogenated alkanes) is 2. The fourth-order valence-electron chi connectivity index (χ4n) is 4.99. The number of benzene rings is 3. The Labute approximate surface area is 249 Å². The lowest BCUT2D eigenvalue weighted by Crippen LogP contribution is -2.47. The number of likely N-dealkylation sites (N-methyl/N-ethyl adjacent to an activating group) is 1. The van der Waals surface area contributed by atoms with E-state index in [9.17, 15) is 9.59 Å². The lowest BCUT2D eigenvalue weighted by atomic mass is 10.1. The second-order valence-electron chi connectivity index (χ2n) is 10.8. The highest BCUT2D eigenvalue weighted by atomic mass is 16.5. The number of carbonyl (C=O) groups excluding carboxylic acids is 2. The Bertz CT molecular complexity index is 1370. The lowest BCUT2D eigenvalue weighted by Gasteiger charge is -2.32. The van der Waals surface area contributed by atoms with E-state index in [0.29, 0.717) is 35.7 Å². The molecule has 0 bridgehead atoms. The van der Waals surface area contributed by atoms with E-state index in [1.165, 1.54) is 0 Å². The average molecular weight is 574 g/mol.